The van der Waals surface area contributed by atoms with Crippen molar-refractivity contribution in [2.45, 2.75) is 13.5 Å². The summed E-state index contributed by atoms with van der Waals surface area (Å²) in [6.07, 6.45) is 0. The van der Waals surface area contributed by atoms with Crippen LogP contribution >= 0.6 is 0 Å². The fourth-order valence-electron chi connectivity index (χ4n) is 1.51. The lowest BCUT2D eigenvalue weighted by atomic mass is 10.3. The molecule has 0 spiro atoms. The van der Waals surface area contributed by atoms with E-state index in [9.17, 15) is 13.6 Å². The van der Waals surface area contributed by atoms with Crippen molar-refractivity contribution in [3.05, 3.63) is 47.4 Å². The largest absolute Gasteiger partial charge is 0.461 e. The van der Waals surface area contributed by atoms with Crippen molar-refractivity contribution in [3.8, 4) is 0 Å². The molecule has 106 valence electrons. The van der Waals surface area contributed by atoms with Crippen molar-refractivity contribution in [3.63, 3.8) is 0 Å². The molecule has 0 atom stereocenters. The van der Waals surface area contributed by atoms with Gasteiger partial charge in [0.1, 0.15) is 11.6 Å². The summed E-state index contributed by atoms with van der Waals surface area (Å²) in [4.78, 5) is 11.4. The van der Waals surface area contributed by atoms with Gasteiger partial charge in [0.05, 0.1) is 18.8 Å². The number of hydrogen-bond donors (Lipinski definition) is 1. The molecule has 20 heavy (non-hydrogen) atoms. The lowest BCUT2D eigenvalue weighted by Gasteiger charge is -2.04. The highest BCUT2D eigenvalue weighted by Gasteiger charge is 2.13. The molecule has 0 radical (unpaired) electrons. The molecule has 1 aromatic carbocycles. The molecule has 0 aliphatic heterocycles. The van der Waals surface area contributed by atoms with Crippen LogP contribution in [-0.4, -0.2) is 17.7 Å². The van der Waals surface area contributed by atoms with Gasteiger partial charge in [0, 0.05) is 12.1 Å². The summed E-state index contributed by atoms with van der Waals surface area (Å²) in [5, 5.41) is 6.25. The van der Waals surface area contributed by atoms with Gasteiger partial charge >= 0.3 is 5.97 Å². The Balaban J connectivity index is 1.99. The monoisotopic (exact) mass is 282 g/mol. The maximum Gasteiger partial charge on any atom is 0.360 e. The van der Waals surface area contributed by atoms with E-state index in [1.807, 2.05) is 0 Å². The summed E-state index contributed by atoms with van der Waals surface area (Å²) in [5.41, 5.74) is 0.170. The standard InChI is InChI=1S/C13H12F2N2O3/c1-2-19-13(18)12-6-9(20-17-12)7-16-11-4-3-8(14)5-10(11)15/h3-6,16H,2,7H2,1H3. The fraction of sp³-hybridized carbons (Fsp3) is 0.231. The average molecular weight is 282 g/mol. The van der Waals surface area contributed by atoms with Crippen LogP contribution in [0.3, 0.4) is 0 Å². The smallest absolute Gasteiger partial charge is 0.360 e. The highest BCUT2D eigenvalue weighted by molar-refractivity contribution is 5.87. The van der Waals surface area contributed by atoms with Gasteiger partial charge in [-0.25, -0.2) is 13.6 Å². The van der Waals surface area contributed by atoms with Crippen LogP contribution in [0.4, 0.5) is 14.5 Å². The van der Waals surface area contributed by atoms with Crippen molar-refractivity contribution in [1.29, 1.82) is 0 Å². The molecule has 2 aromatic rings. The number of nitrogens with one attached hydrogen (secondary N) is 1. The van der Waals surface area contributed by atoms with E-state index in [4.69, 9.17) is 9.26 Å². The molecule has 0 aliphatic rings. The first-order valence-corrected chi connectivity index (χ1v) is 5.91. The molecule has 0 bridgehead atoms. The predicted molar refractivity (Wildman–Crippen MR) is 66.1 cm³/mol. The topological polar surface area (TPSA) is 64.4 Å². The normalized spacial score (nSPS) is 10.3. The van der Waals surface area contributed by atoms with Gasteiger partial charge in [-0.3, -0.25) is 0 Å². The minimum Gasteiger partial charge on any atom is -0.461 e. The van der Waals surface area contributed by atoms with Crippen LogP contribution in [0.1, 0.15) is 23.2 Å². The number of esters is 1. The van der Waals surface area contributed by atoms with Crippen molar-refractivity contribution < 1.29 is 22.8 Å². The lowest BCUT2D eigenvalue weighted by molar-refractivity contribution is 0.0514. The van der Waals surface area contributed by atoms with E-state index in [-0.39, 0.29) is 24.5 Å². The van der Waals surface area contributed by atoms with E-state index in [0.29, 0.717) is 5.76 Å². The fourth-order valence-corrected chi connectivity index (χ4v) is 1.51. The third-order valence-electron chi connectivity index (χ3n) is 2.43. The maximum atomic E-state index is 13.4. The summed E-state index contributed by atoms with van der Waals surface area (Å²) in [5.74, 6) is -1.63. The zero-order valence-corrected chi connectivity index (χ0v) is 10.7. The Morgan fingerprint density at radius 3 is 2.90 bits per heavy atom. The summed E-state index contributed by atoms with van der Waals surface area (Å²) in [7, 11) is 0. The lowest BCUT2D eigenvalue weighted by Crippen LogP contribution is -2.04. The van der Waals surface area contributed by atoms with Gasteiger partial charge in [0.15, 0.2) is 11.5 Å². The van der Waals surface area contributed by atoms with Crippen LogP contribution in [0, 0.1) is 11.6 Å². The quantitative estimate of drug-likeness (QED) is 0.854. The summed E-state index contributed by atoms with van der Waals surface area (Å²) < 4.78 is 35.8. The van der Waals surface area contributed by atoms with Crippen LogP contribution < -0.4 is 5.32 Å². The molecule has 0 amide bonds. The summed E-state index contributed by atoms with van der Waals surface area (Å²) >= 11 is 0. The molecule has 0 saturated heterocycles. The second-order valence-electron chi connectivity index (χ2n) is 3.88. The number of carbonyl (C=O) groups excluding carboxylic acids is 1. The number of hydrogen-bond acceptors (Lipinski definition) is 5. The molecule has 1 aromatic heterocycles. The van der Waals surface area contributed by atoms with E-state index < -0.39 is 17.6 Å². The summed E-state index contributed by atoms with van der Waals surface area (Å²) in [6.45, 7) is 2.02. The highest BCUT2D eigenvalue weighted by atomic mass is 19.1. The van der Waals surface area contributed by atoms with Crippen molar-refractivity contribution in [2.75, 3.05) is 11.9 Å². The maximum absolute atomic E-state index is 13.4. The average Bonchev–Trinajstić information content (AvgIpc) is 2.87. The van der Waals surface area contributed by atoms with Crippen molar-refractivity contribution in [2.24, 2.45) is 0 Å². The van der Waals surface area contributed by atoms with E-state index >= 15 is 0 Å². The van der Waals surface area contributed by atoms with Gasteiger partial charge in [-0.15, -0.1) is 0 Å². The first kappa shape index (κ1) is 14.0. The third kappa shape index (κ3) is 3.31. The van der Waals surface area contributed by atoms with E-state index in [1.54, 1.807) is 6.92 Å². The minimum absolute atomic E-state index is 0.0447. The number of aromatic nitrogens is 1. The summed E-state index contributed by atoms with van der Waals surface area (Å²) in [6, 6.07) is 4.57. The molecule has 5 nitrogen and oxygen atoms in total. The second-order valence-corrected chi connectivity index (χ2v) is 3.88. The van der Waals surface area contributed by atoms with Crippen LogP contribution in [0.25, 0.3) is 0 Å². The van der Waals surface area contributed by atoms with Crippen molar-refractivity contribution >= 4 is 11.7 Å². The molecule has 0 unspecified atom stereocenters. The SMILES string of the molecule is CCOC(=O)c1cc(CNc2ccc(F)cc2F)on1. The molecular weight excluding hydrogens is 270 g/mol. The first-order valence-electron chi connectivity index (χ1n) is 5.91. The molecule has 1 heterocycles. The van der Waals surface area contributed by atoms with Crippen LogP contribution in [0.15, 0.2) is 28.8 Å². The Kier molecular flexibility index (Phi) is 4.29. The first-order chi connectivity index (χ1) is 9.60. The number of rotatable bonds is 5. The highest BCUT2D eigenvalue weighted by Crippen LogP contribution is 2.16. The van der Waals surface area contributed by atoms with Gasteiger partial charge in [-0.1, -0.05) is 5.16 Å². The number of anilines is 1. The van der Waals surface area contributed by atoms with Crippen molar-refractivity contribution in [1.82, 2.24) is 5.16 Å². The van der Waals surface area contributed by atoms with E-state index in [0.717, 1.165) is 12.1 Å². The zero-order chi connectivity index (χ0) is 14.5. The van der Waals surface area contributed by atoms with Gasteiger partial charge in [0.25, 0.3) is 0 Å². The molecule has 7 heteroatoms. The molecule has 0 saturated carbocycles. The molecule has 0 fully saturated rings. The third-order valence-corrected chi connectivity index (χ3v) is 2.43. The Hall–Kier alpha value is -2.44. The number of carbonyl (C=O) groups is 1. The Labute approximate surface area is 113 Å². The van der Waals surface area contributed by atoms with E-state index in [2.05, 4.69) is 10.5 Å². The molecular formula is C13H12F2N2O3. The van der Waals surface area contributed by atoms with Crippen LogP contribution in [-0.2, 0) is 11.3 Å². The van der Waals surface area contributed by atoms with Gasteiger partial charge in [-0.05, 0) is 19.1 Å². The molecule has 2 rings (SSSR count). The Bertz CT molecular complexity index is 613. The van der Waals surface area contributed by atoms with Crippen LogP contribution in [0.5, 0.6) is 0 Å². The number of ether oxygens (including phenoxy) is 1. The number of benzene rings is 1. The molecule has 1 N–H and O–H groups in total. The predicted octanol–water partition coefficient (Wildman–Crippen LogP) is 2.74. The zero-order valence-electron chi connectivity index (χ0n) is 10.7. The number of halogens is 2. The Morgan fingerprint density at radius 2 is 2.20 bits per heavy atom. The molecule has 0 aliphatic carbocycles. The van der Waals surface area contributed by atoms with Gasteiger partial charge in [0.2, 0.25) is 0 Å². The minimum atomic E-state index is -0.713. The van der Waals surface area contributed by atoms with Crippen LogP contribution in [0.2, 0.25) is 0 Å². The number of nitrogens with zero attached hydrogens (tertiary/aromatic N) is 1. The Morgan fingerprint density at radius 1 is 1.40 bits per heavy atom. The van der Waals surface area contributed by atoms with E-state index in [1.165, 1.54) is 12.1 Å². The van der Waals surface area contributed by atoms with Gasteiger partial charge < -0.3 is 14.6 Å². The second kappa shape index (κ2) is 6.14. The van der Waals surface area contributed by atoms with Gasteiger partial charge in [-0.2, -0.15) is 0 Å².